The zero-order valence-corrected chi connectivity index (χ0v) is 20.1. The molecule has 2 aliphatic rings. The topological polar surface area (TPSA) is 112 Å². The van der Waals surface area contributed by atoms with E-state index >= 15 is 0 Å². The van der Waals surface area contributed by atoms with E-state index in [0.717, 1.165) is 0 Å². The van der Waals surface area contributed by atoms with Crippen molar-refractivity contribution >= 4 is 29.1 Å². The lowest BCUT2D eigenvalue weighted by Crippen LogP contribution is -2.29. The van der Waals surface area contributed by atoms with Gasteiger partial charge in [0.25, 0.3) is 11.7 Å². The second-order valence-electron chi connectivity index (χ2n) is 8.39. The molecule has 2 aliphatic heterocycles. The number of hydrogen-bond acceptors (Lipinski definition) is 8. The monoisotopic (exact) mass is 501 g/mol. The van der Waals surface area contributed by atoms with Crippen LogP contribution in [-0.2, 0) is 14.4 Å². The Labute approximate surface area is 212 Å². The zero-order chi connectivity index (χ0) is 26.1. The summed E-state index contributed by atoms with van der Waals surface area (Å²) in [6, 6.07) is 16.9. The average molecular weight is 501 g/mol. The van der Waals surface area contributed by atoms with Crippen LogP contribution in [0.3, 0.4) is 0 Å². The van der Waals surface area contributed by atoms with Crippen molar-refractivity contribution in [2.45, 2.75) is 13.0 Å². The molecule has 2 heterocycles. The van der Waals surface area contributed by atoms with Crippen LogP contribution >= 0.6 is 0 Å². The number of nitrogens with zero attached hydrogens (tertiary/aromatic N) is 1. The van der Waals surface area contributed by atoms with E-state index in [1.165, 1.54) is 18.9 Å². The van der Waals surface area contributed by atoms with Crippen LogP contribution in [0.4, 0.5) is 5.69 Å². The Kier molecular flexibility index (Phi) is 6.27. The Balaban J connectivity index is 1.68. The molecule has 0 spiro atoms. The number of Topliss-reactive ketones (excluding diaryl/α,β-unsaturated/α-hetero) is 1. The van der Waals surface area contributed by atoms with Crippen molar-refractivity contribution in [2.75, 3.05) is 25.2 Å². The summed E-state index contributed by atoms with van der Waals surface area (Å²) < 4.78 is 21.6. The number of rotatable bonds is 5. The molecule has 37 heavy (non-hydrogen) atoms. The molecule has 0 radical (unpaired) electrons. The van der Waals surface area contributed by atoms with Gasteiger partial charge < -0.3 is 24.1 Å². The van der Waals surface area contributed by atoms with E-state index in [1.807, 2.05) is 0 Å². The number of esters is 1. The first-order chi connectivity index (χ1) is 17.9. The van der Waals surface area contributed by atoms with E-state index in [1.54, 1.807) is 66.7 Å². The van der Waals surface area contributed by atoms with Crippen molar-refractivity contribution < 1.29 is 38.4 Å². The van der Waals surface area contributed by atoms with Gasteiger partial charge in [0, 0.05) is 18.2 Å². The molecule has 0 aromatic heterocycles. The first kappa shape index (κ1) is 23.9. The van der Waals surface area contributed by atoms with Crippen molar-refractivity contribution in [3.05, 3.63) is 83.4 Å². The highest BCUT2D eigenvalue weighted by Crippen LogP contribution is 2.44. The molecule has 0 bridgehead atoms. The zero-order valence-electron chi connectivity index (χ0n) is 20.1. The van der Waals surface area contributed by atoms with Gasteiger partial charge in [0.1, 0.15) is 30.5 Å². The summed E-state index contributed by atoms with van der Waals surface area (Å²) in [5, 5.41) is 11.4. The number of carbonyl (C=O) groups is 3. The molecule has 188 valence electrons. The van der Waals surface area contributed by atoms with Gasteiger partial charge in [0.2, 0.25) is 0 Å². The van der Waals surface area contributed by atoms with E-state index in [9.17, 15) is 19.5 Å². The van der Waals surface area contributed by atoms with Crippen molar-refractivity contribution in [2.24, 2.45) is 0 Å². The number of ketones is 1. The van der Waals surface area contributed by atoms with Crippen LogP contribution in [0.5, 0.6) is 23.0 Å². The first-order valence-corrected chi connectivity index (χ1v) is 11.5. The molecule has 1 fully saturated rings. The third-order valence-corrected chi connectivity index (χ3v) is 6.05. The summed E-state index contributed by atoms with van der Waals surface area (Å²) in [4.78, 5) is 39.6. The lowest BCUT2D eigenvalue weighted by Gasteiger charge is -2.26. The van der Waals surface area contributed by atoms with Crippen molar-refractivity contribution in [3.8, 4) is 23.0 Å². The lowest BCUT2D eigenvalue weighted by molar-refractivity contribution is -0.132. The third kappa shape index (κ3) is 4.47. The molecule has 0 aliphatic carbocycles. The molecular weight excluding hydrogens is 478 g/mol. The van der Waals surface area contributed by atoms with Crippen molar-refractivity contribution in [3.63, 3.8) is 0 Å². The van der Waals surface area contributed by atoms with Crippen LogP contribution in [0.2, 0.25) is 0 Å². The second kappa shape index (κ2) is 9.69. The summed E-state index contributed by atoms with van der Waals surface area (Å²) in [5.74, 6) is -0.792. The minimum atomic E-state index is -1.00. The fourth-order valence-electron chi connectivity index (χ4n) is 4.42. The molecule has 1 saturated heterocycles. The number of fused-ring (bicyclic) bond motifs is 1. The Morgan fingerprint density at radius 2 is 1.68 bits per heavy atom. The molecule has 1 atom stereocenters. The SMILES string of the molecule is COc1ccc(N2C(=O)C(=O)/C(=C(\O)c3ccc4c(c3)OCCO4)C2c2cccc(OC(C)=O)c2)cc1. The number of aliphatic hydroxyl groups is 1. The minimum absolute atomic E-state index is 0.113. The summed E-state index contributed by atoms with van der Waals surface area (Å²) >= 11 is 0. The van der Waals surface area contributed by atoms with Gasteiger partial charge in [0.05, 0.1) is 18.7 Å². The van der Waals surface area contributed by atoms with Gasteiger partial charge in [-0.25, -0.2) is 0 Å². The number of methoxy groups -OCH3 is 1. The van der Waals surface area contributed by atoms with Gasteiger partial charge in [-0.1, -0.05) is 12.1 Å². The van der Waals surface area contributed by atoms with Crippen LogP contribution in [0, 0.1) is 0 Å². The summed E-state index contributed by atoms with van der Waals surface area (Å²) in [6.07, 6.45) is 0. The Morgan fingerprint density at radius 3 is 2.38 bits per heavy atom. The average Bonchev–Trinajstić information content (AvgIpc) is 3.18. The Hall–Kier alpha value is -4.79. The summed E-state index contributed by atoms with van der Waals surface area (Å²) in [6.45, 7) is 2.03. The van der Waals surface area contributed by atoms with Crippen LogP contribution in [-0.4, -0.2) is 43.1 Å². The number of ether oxygens (including phenoxy) is 4. The molecule has 5 rings (SSSR count). The fourth-order valence-corrected chi connectivity index (χ4v) is 4.42. The molecule has 3 aromatic carbocycles. The van der Waals surface area contributed by atoms with Crippen LogP contribution in [0.25, 0.3) is 5.76 Å². The maximum atomic E-state index is 13.4. The number of anilines is 1. The van der Waals surface area contributed by atoms with Crippen LogP contribution < -0.4 is 23.8 Å². The molecule has 1 N–H and O–H groups in total. The van der Waals surface area contributed by atoms with Gasteiger partial charge in [-0.3, -0.25) is 19.3 Å². The maximum absolute atomic E-state index is 13.4. The van der Waals surface area contributed by atoms with E-state index < -0.39 is 23.7 Å². The fraction of sp³-hybridized carbons (Fsp3) is 0.179. The van der Waals surface area contributed by atoms with Crippen molar-refractivity contribution in [1.82, 2.24) is 0 Å². The highest BCUT2D eigenvalue weighted by molar-refractivity contribution is 6.51. The predicted octanol–water partition coefficient (Wildman–Crippen LogP) is 4.02. The standard InChI is InChI=1S/C28H23NO8/c1-16(30)37-21-5-3-4-17(14-21)25-24(26(31)18-6-11-22-23(15-18)36-13-12-35-22)27(32)28(33)29(25)19-7-9-20(34-2)10-8-19/h3-11,14-15,25,31H,12-13H2,1-2H3/b26-24-. The molecule has 9 nitrogen and oxygen atoms in total. The number of carbonyl (C=O) groups excluding carboxylic acids is 3. The van der Waals surface area contributed by atoms with Gasteiger partial charge in [-0.05, 0) is 60.2 Å². The van der Waals surface area contributed by atoms with Gasteiger partial charge in [-0.2, -0.15) is 0 Å². The largest absolute Gasteiger partial charge is 0.507 e. The number of aliphatic hydroxyl groups excluding tert-OH is 1. The molecule has 1 unspecified atom stereocenters. The molecule has 1 amide bonds. The van der Waals surface area contributed by atoms with E-state index in [0.29, 0.717) is 41.7 Å². The van der Waals surface area contributed by atoms with Gasteiger partial charge in [0.15, 0.2) is 11.5 Å². The highest BCUT2D eigenvalue weighted by atomic mass is 16.6. The smallest absolute Gasteiger partial charge is 0.308 e. The molecular formula is C28H23NO8. The normalized spacial score (nSPS) is 18.0. The molecule has 9 heteroatoms. The first-order valence-electron chi connectivity index (χ1n) is 11.5. The highest BCUT2D eigenvalue weighted by Gasteiger charge is 2.47. The summed E-state index contributed by atoms with van der Waals surface area (Å²) in [5.41, 5.74) is 1.07. The molecule has 0 saturated carbocycles. The maximum Gasteiger partial charge on any atom is 0.308 e. The van der Waals surface area contributed by atoms with Gasteiger partial charge in [-0.15, -0.1) is 0 Å². The lowest BCUT2D eigenvalue weighted by atomic mass is 9.94. The third-order valence-electron chi connectivity index (χ3n) is 6.05. The number of amides is 1. The quantitative estimate of drug-likeness (QED) is 0.184. The summed E-state index contributed by atoms with van der Waals surface area (Å²) in [7, 11) is 1.52. The van der Waals surface area contributed by atoms with Crippen molar-refractivity contribution in [1.29, 1.82) is 0 Å². The van der Waals surface area contributed by atoms with E-state index in [-0.39, 0.29) is 22.6 Å². The van der Waals surface area contributed by atoms with Crippen LogP contribution in [0.1, 0.15) is 24.1 Å². The molecule has 3 aromatic rings. The second-order valence-corrected chi connectivity index (χ2v) is 8.39. The number of benzene rings is 3. The van der Waals surface area contributed by atoms with Gasteiger partial charge >= 0.3 is 5.97 Å². The minimum Gasteiger partial charge on any atom is -0.507 e. The van der Waals surface area contributed by atoms with Crippen LogP contribution in [0.15, 0.2) is 72.3 Å². The van der Waals surface area contributed by atoms with E-state index in [2.05, 4.69) is 0 Å². The predicted molar refractivity (Wildman–Crippen MR) is 133 cm³/mol. The number of hydrogen-bond donors (Lipinski definition) is 1. The Morgan fingerprint density at radius 1 is 0.946 bits per heavy atom. The van der Waals surface area contributed by atoms with E-state index in [4.69, 9.17) is 18.9 Å². The Bertz CT molecular complexity index is 1430.